The number of anilines is 1. The molecule has 2 heterocycles. The second-order valence-corrected chi connectivity index (χ2v) is 7.59. The quantitative estimate of drug-likeness (QED) is 0.912. The number of hydrogen-bond acceptors (Lipinski definition) is 4. The lowest BCUT2D eigenvalue weighted by molar-refractivity contribution is -0.183. The molecular formula is C20H28N2O3. The van der Waals surface area contributed by atoms with E-state index in [1.807, 2.05) is 6.07 Å². The van der Waals surface area contributed by atoms with Gasteiger partial charge in [-0.25, -0.2) is 0 Å². The highest BCUT2D eigenvalue weighted by atomic mass is 16.7. The van der Waals surface area contributed by atoms with Gasteiger partial charge in [-0.05, 0) is 37.3 Å². The van der Waals surface area contributed by atoms with Crippen molar-refractivity contribution in [1.29, 1.82) is 0 Å². The fourth-order valence-electron chi connectivity index (χ4n) is 4.41. The van der Waals surface area contributed by atoms with Crippen molar-refractivity contribution in [2.75, 3.05) is 31.2 Å². The predicted octanol–water partition coefficient (Wildman–Crippen LogP) is 2.70. The van der Waals surface area contributed by atoms with E-state index < -0.39 is 0 Å². The van der Waals surface area contributed by atoms with Crippen LogP contribution >= 0.6 is 0 Å². The first-order valence-electron chi connectivity index (χ1n) is 9.60. The molecule has 0 unspecified atom stereocenters. The van der Waals surface area contributed by atoms with Crippen LogP contribution in [0.25, 0.3) is 0 Å². The molecule has 2 aliphatic heterocycles. The van der Waals surface area contributed by atoms with Gasteiger partial charge in [0.2, 0.25) is 5.91 Å². The fraction of sp³-hybridized carbons (Fsp3) is 0.650. The average molecular weight is 344 g/mol. The maximum absolute atomic E-state index is 12.4. The van der Waals surface area contributed by atoms with Crippen molar-refractivity contribution in [2.45, 2.75) is 50.4 Å². The lowest BCUT2D eigenvalue weighted by Crippen LogP contribution is -2.40. The Morgan fingerprint density at radius 1 is 1.12 bits per heavy atom. The number of nitrogens with one attached hydrogen (secondary N) is 1. The third-order valence-corrected chi connectivity index (χ3v) is 5.83. The molecule has 136 valence electrons. The molecule has 1 N–H and O–H groups in total. The van der Waals surface area contributed by atoms with Crippen molar-refractivity contribution < 1.29 is 14.3 Å². The SMILES string of the molecule is O=C(CC1CCC2(CC1)OCCO2)N[C@@H]1CCN(c2ccccc2)C1. The highest BCUT2D eigenvalue weighted by molar-refractivity contribution is 5.76. The zero-order chi connectivity index (χ0) is 17.1. The Kier molecular flexibility index (Phi) is 4.95. The summed E-state index contributed by atoms with van der Waals surface area (Å²) in [4.78, 5) is 14.8. The monoisotopic (exact) mass is 344 g/mol. The highest BCUT2D eigenvalue weighted by Gasteiger charge is 2.40. The van der Waals surface area contributed by atoms with E-state index in [9.17, 15) is 4.79 Å². The third kappa shape index (κ3) is 3.98. The minimum atomic E-state index is -0.325. The Morgan fingerprint density at radius 2 is 1.84 bits per heavy atom. The number of carbonyl (C=O) groups excluding carboxylic acids is 1. The molecule has 5 heteroatoms. The summed E-state index contributed by atoms with van der Waals surface area (Å²) in [6, 6.07) is 10.7. The molecule has 1 saturated carbocycles. The van der Waals surface area contributed by atoms with Gasteiger partial charge in [0.15, 0.2) is 5.79 Å². The van der Waals surface area contributed by atoms with E-state index in [2.05, 4.69) is 34.5 Å². The number of hydrogen-bond donors (Lipinski definition) is 1. The summed E-state index contributed by atoms with van der Waals surface area (Å²) in [5.74, 6) is 0.341. The van der Waals surface area contributed by atoms with Crippen LogP contribution in [-0.2, 0) is 14.3 Å². The smallest absolute Gasteiger partial charge is 0.220 e. The van der Waals surface area contributed by atoms with Crippen LogP contribution in [-0.4, -0.2) is 44.0 Å². The zero-order valence-electron chi connectivity index (χ0n) is 14.8. The van der Waals surface area contributed by atoms with E-state index in [1.165, 1.54) is 5.69 Å². The minimum absolute atomic E-state index is 0.203. The molecule has 25 heavy (non-hydrogen) atoms. The molecule has 1 aromatic rings. The van der Waals surface area contributed by atoms with E-state index >= 15 is 0 Å². The van der Waals surface area contributed by atoms with Gasteiger partial charge in [0.05, 0.1) is 13.2 Å². The van der Waals surface area contributed by atoms with Crippen molar-refractivity contribution >= 4 is 11.6 Å². The molecule has 0 radical (unpaired) electrons. The first-order chi connectivity index (χ1) is 12.2. The van der Waals surface area contributed by atoms with Crippen molar-refractivity contribution in [1.82, 2.24) is 5.32 Å². The summed E-state index contributed by atoms with van der Waals surface area (Å²) in [5.41, 5.74) is 1.24. The summed E-state index contributed by atoms with van der Waals surface area (Å²) in [6.07, 6.45) is 5.56. The summed E-state index contributed by atoms with van der Waals surface area (Å²) >= 11 is 0. The molecule has 4 rings (SSSR count). The van der Waals surface area contributed by atoms with Gasteiger partial charge in [-0.15, -0.1) is 0 Å². The first kappa shape index (κ1) is 16.9. The fourth-order valence-corrected chi connectivity index (χ4v) is 4.41. The molecule has 1 aliphatic carbocycles. The van der Waals surface area contributed by atoms with Crippen LogP contribution in [0.2, 0.25) is 0 Å². The lowest BCUT2D eigenvalue weighted by atomic mass is 9.83. The van der Waals surface area contributed by atoms with E-state index in [0.717, 1.165) is 45.2 Å². The summed E-state index contributed by atoms with van der Waals surface area (Å²) < 4.78 is 11.5. The number of amides is 1. The maximum Gasteiger partial charge on any atom is 0.220 e. The third-order valence-electron chi connectivity index (χ3n) is 5.83. The van der Waals surface area contributed by atoms with Crippen LogP contribution in [0, 0.1) is 5.92 Å². The minimum Gasteiger partial charge on any atom is -0.369 e. The molecule has 1 aromatic carbocycles. The molecule has 2 saturated heterocycles. The second-order valence-electron chi connectivity index (χ2n) is 7.59. The van der Waals surface area contributed by atoms with Crippen molar-refractivity contribution in [3.63, 3.8) is 0 Å². The van der Waals surface area contributed by atoms with Crippen molar-refractivity contribution in [3.05, 3.63) is 30.3 Å². The Hall–Kier alpha value is -1.59. The molecule has 5 nitrogen and oxygen atoms in total. The number of ether oxygens (including phenoxy) is 2. The van der Waals surface area contributed by atoms with Gasteiger partial charge in [-0.3, -0.25) is 4.79 Å². The van der Waals surface area contributed by atoms with Crippen LogP contribution in [0.1, 0.15) is 38.5 Å². The molecule has 1 spiro atoms. The first-order valence-corrected chi connectivity index (χ1v) is 9.60. The second kappa shape index (κ2) is 7.34. The van der Waals surface area contributed by atoms with E-state index in [-0.39, 0.29) is 17.7 Å². The van der Waals surface area contributed by atoms with Crippen LogP contribution < -0.4 is 10.2 Å². The molecule has 1 amide bonds. The highest BCUT2D eigenvalue weighted by Crippen LogP contribution is 2.39. The van der Waals surface area contributed by atoms with Crippen molar-refractivity contribution in [2.24, 2.45) is 5.92 Å². The number of nitrogens with zero attached hydrogens (tertiary/aromatic N) is 1. The molecule has 0 bridgehead atoms. The Balaban J connectivity index is 1.21. The predicted molar refractivity (Wildman–Crippen MR) is 96.4 cm³/mol. The Labute approximate surface area is 149 Å². The summed E-state index contributed by atoms with van der Waals surface area (Å²) in [7, 11) is 0. The number of carbonyl (C=O) groups is 1. The lowest BCUT2D eigenvalue weighted by Gasteiger charge is -2.35. The van der Waals surface area contributed by atoms with Gasteiger partial charge < -0.3 is 19.7 Å². The summed E-state index contributed by atoms with van der Waals surface area (Å²) in [6.45, 7) is 3.34. The van der Waals surface area contributed by atoms with Crippen LogP contribution in [0.4, 0.5) is 5.69 Å². The maximum atomic E-state index is 12.4. The molecule has 3 fully saturated rings. The summed E-state index contributed by atoms with van der Waals surface area (Å²) in [5, 5.41) is 3.24. The van der Waals surface area contributed by atoms with Crippen LogP contribution in [0.15, 0.2) is 30.3 Å². The molecule has 0 aromatic heterocycles. The van der Waals surface area contributed by atoms with E-state index in [4.69, 9.17) is 9.47 Å². The number of rotatable bonds is 4. The molecule has 3 aliphatic rings. The Morgan fingerprint density at radius 3 is 2.56 bits per heavy atom. The molecule has 1 atom stereocenters. The van der Waals surface area contributed by atoms with E-state index in [1.54, 1.807) is 0 Å². The normalized spacial score (nSPS) is 26.2. The van der Waals surface area contributed by atoms with Crippen molar-refractivity contribution in [3.8, 4) is 0 Å². The standard InChI is InChI=1S/C20H28N2O3/c23-19(14-16-6-9-20(10-7-16)24-12-13-25-20)21-17-8-11-22(15-17)18-4-2-1-3-5-18/h1-5,16-17H,6-15H2,(H,21,23)/t17-/m1/s1. The van der Waals surface area contributed by atoms with Gasteiger partial charge in [0.1, 0.15) is 0 Å². The topological polar surface area (TPSA) is 50.8 Å². The zero-order valence-corrected chi connectivity index (χ0v) is 14.8. The van der Waals surface area contributed by atoms with Crippen LogP contribution in [0.5, 0.6) is 0 Å². The van der Waals surface area contributed by atoms with E-state index in [0.29, 0.717) is 25.6 Å². The average Bonchev–Trinajstić information content (AvgIpc) is 3.28. The number of benzene rings is 1. The van der Waals surface area contributed by atoms with Gasteiger partial charge in [0, 0.05) is 44.1 Å². The number of para-hydroxylation sites is 1. The van der Waals surface area contributed by atoms with Crippen LogP contribution in [0.3, 0.4) is 0 Å². The van der Waals surface area contributed by atoms with Gasteiger partial charge >= 0.3 is 0 Å². The molecular weight excluding hydrogens is 316 g/mol. The van der Waals surface area contributed by atoms with Gasteiger partial charge in [-0.1, -0.05) is 18.2 Å². The Bertz CT molecular complexity index is 576. The van der Waals surface area contributed by atoms with Gasteiger partial charge in [-0.2, -0.15) is 0 Å². The largest absolute Gasteiger partial charge is 0.369 e. The van der Waals surface area contributed by atoms with Gasteiger partial charge in [0.25, 0.3) is 0 Å².